The summed E-state index contributed by atoms with van der Waals surface area (Å²) < 4.78 is 23.9. The third-order valence-electron chi connectivity index (χ3n) is 1.32. The van der Waals surface area contributed by atoms with Gasteiger partial charge in [0.05, 0.1) is 13.3 Å². The second kappa shape index (κ2) is 8.17. The van der Waals surface area contributed by atoms with Crippen LogP contribution in [0.5, 0.6) is 0 Å². The van der Waals surface area contributed by atoms with Gasteiger partial charge in [0.25, 0.3) is 0 Å². The summed E-state index contributed by atoms with van der Waals surface area (Å²) in [6.07, 6.45) is 0. The van der Waals surface area contributed by atoms with Crippen LogP contribution < -0.4 is 0 Å². The minimum Gasteiger partial charge on any atom is -0.251 e. The lowest BCUT2D eigenvalue weighted by Crippen LogP contribution is -2.01. The molecule has 12 heavy (non-hydrogen) atoms. The van der Waals surface area contributed by atoms with E-state index in [0.717, 1.165) is 11.5 Å². The quantitative estimate of drug-likeness (QED) is 0.469. The molecular weight excluding hydrogens is 198 g/mol. The van der Waals surface area contributed by atoms with Gasteiger partial charge in [-0.2, -0.15) is 0 Å². The van der Waals surface area contributed by atoms with Gasteiger partial charge in [-0.3, -0.25) is 8.78 Å². The molecule has 0 aromatic heterocycles. The smallest absolute Gasteiger partial charge is 0.0928 e. The van der Waals surface area contributed by atoms with Gasteiger partial charge in [0.15, 0.2) is 0 Å². The zero-order chi connectivity index (χ0) is 9.40. The predicted octanol–water partition coefficient (Wildman–Crippen LogP) is 3.58. The van der Waals surface area contributed by atoms with Gasteiger partial charge in [0.1, 0.15) is 0 Å². The summed E-state index contributed by atoms with van der Waals surface area (Å²) in [4.78, 5) is 0. The summed E-state index contributed by atoms with van der Waals surface area (Å²) in [5.74, 6) is 1.90. The molecule has 0 nitrogen and oxygen atoms in total. The second-order valence-corrected chi connectivity index (χ2v) is 5.64. The SMILES string of the molecule is CC(CF)CSSCC(C)CF. The Hall–Kier alpha value is 0.560. The lowest BCUT2D eigenvalue weighted by Gasteiger charge is -2.07. The predicted molar refractivity (Wildman–Crippen MR) is 55.2 cm³/mol. The van der Waals surface area contributed by atoms with Crippen LogP contribution in [-0.4, -0.2) is 24.9 Å². The highest BCUT2D eigenvalue weighted by molar-refractivity contribution is 8.76. The highest BCUT2D eigenvalue weighted by Crippen LogP contribution is 2.26. The molecular formula is C8H16F2S2. The maximum absolute atomic E-state index is 12.0. The molecule has 0 spiro atoms. The monoisotopic (exact) mass is 214 g/mol. The zero-order valence-corrected chi connectivity index (χ0v) is 9.19. The van der Waals surface area contributed by atoms with Gasteiger partial charge in [0.2, 0.25) is 0 Å². The number of alkyl halides is 2. The Labute approximate surface area is 81.3 Å². The number of hydrogen-bond acceptors (Lipinski definition) is 2. The van der Waals surface area contributed by atoms with Crippen molar-refractivity contribution >= 4 is 21.6 Å². The molecule has 0 rings (SSSR count). The molecule has 4 heteroatoms. The molecule has 0 aliphatic carbocycles. The molecule has 0 radical (unpaired) electrons. The molecule has 0 aromatic carbocycles. The van der Waals surface area contributed by atoms with Crippen molar-refractivity contribution in [1.82, 2.24) is 0 Å². The fourth-order valence-corrected chi connectivity index (χ4v) is 3.22. The molecule has 0 saturated carbocycles. The van der Waals surface area contributed by atoms with Crippen LogP contribution in [0.3, 0.4) is 0 Å². The van der Waals surface area contributed by atoms with Crippen molar-refractivity contribution in [2.75, 3.05) is 24.9 Å². The molecule has 0 bridgehead atoms. The average molecular weight is 214 g/mol. The number of hydrogen-bond donors (Lipinski definition) is 0. The fraction of sp³-hybridized carbons (Fsp3) is 1.00. The Bertz CT molecular complexity index is 89.1. The number of halogens is 2. The Balaban J connectivity index is 3.10. The third-order valence-corrected chi connectivity index (χ3v) is 4.21. The highest BCUT2D eigenvalue weighted by Gasteiger charge is 2.04. The van der Waals surface area contributed by atoms with Crippen molar-refractivity contribution in [3.63, 3.8) is 0 Å². The van der Waals surface area contributed by atoms with E-state index in [1.807, 2.05) is 13.8 Å². The Morgan fingerprint density at radius 1 is 0.917 bits per heavy atom. The van der Waals surface area contributed by atoms with Gasteiger partial charge in [-0.1, -0.05) is 35.4 Å². The van der Waals surface area contributed by atoms with Crippen molar-refractivity contribution in [3.05, 3.63) is 0 Å². The van der Waals surface area contributed by atoms with E-state index in [-0.39, 0.29) is 25.2 Å². The summed E-state index contributed by atoms with van der Waals surface area (Å²) in [6.45, 7) is 3.25. The largest absolute Gasteiger partial charge is 0.251 e. The van der Waals surface area contributed by atoms with E-state index < -0.39 is 0 Å². The number of rotatable bonds is 7. The molecule has 0 fully saturated rings. The first-order valence-electron chi connectivity index (χ1n) is 4.07. The third kappa shape index (κ3) is 7.22. The standard InChI is InChI=1S/C8H16F2S2/c1-7(3-9)5-11-12-6-8(2)4-10/h7-8H,3-6H2,1-2H3. The maximum atomic E-state index is 12.0. The Morgan fingerprint density at radius 2 is 1.25 bits per heavy atom. The van der Waals surface area contributed by atoms with Crippen LogP contribution in [0.2, 0.25) is 0 Å². The summed E-state index contributed by atoms with van der Waals surface area (Å²) in [7, 11) is 3.28. The molecule has 0 heterocycles. The first kappa shape index (κ1) is 12.6. The fourth-order valence-electron chi connectivity index (χ4n) is 0.418. The Kier molecular flexibility index (Phi) is 8.55. The van der Waals surface area contributed by atoms with E-state index in [1.54, 1.807) is 21.6 Å². The van der Waals surface area contributed by atoms with Crippen molar-refractivity contribution < 1.29 is 8.78 Å². The van der Waals surface area contributed by atoms with Gasteiger partial charge < -0.3 is 0 Å². The molecule has 0 aromatic rings. The van der Waals surface area contributed by atoms with E-state index in [1.165, 1.54) is 0 Å². The van der Waals surface area contributed by atoms with Crippen molar-refractivity contribution in [3.8, 4) is 0 Å². The summed E-state index contributed by atoms with van der Waals surface area (Å²) in [5.41, 5.74) is 0. The van der Waals surface area contributed by atoms with Crippen molar-refractivity contribution in [2.24, 2.45) is 11.8 Å². The van der Waals surface area contributed by atoms with Crippen LogP contribution in [0.1, 0.15) is 13.8 Å². The van der Waals surface area contributed by atoms with Gasteiger partial charge in [-0.25, -0.2) is 0 Å². The lowest BCUT2D eigenvalue weighted by atomic mass is 10.3. The van der Waals surface area contributed by atoms with E-state index >= 15 is 0 Å². The second-order valence-electron chi connectivity index (χ2n) is 3.09. The van der Waals surface area contributed by atoms with Crippen LogP contribution in [0.15, 0.2) is 0 Å². The summed E-state index contributed by atoms with van der Waals surface area (Å²) in [5, 5.41) is 0. The van der Waals surface area contributed by atoms with Crippen LogP contribution >= 0.6 is 21.6 Å². The van der Waals surface area contributed by atoms with Gasteiger partial charge in [-0.05, 0) is 11.8 Å². The summed E-state index contributed by atoms with van der Waals surface area (Å²) in [6, 6.07) is 0. The summed E-state index contributed by atoms with van der Waals surface area (Å²) >= 11 is 0. The normalized spacial score (nSPS) is 16.0. The molecule has 2 atom stereocenters. The molecule has 0 saturated heterocycles. The van der Waals surface area contributed by atoms with Crippen LogP contribution in [-0.2, 0) is 0 Å². The molecule has 0 N–H and O–H groups in total. The molecule has 0 amide bonds. The highest BCUT2D eigenvalue weighted by atomic mass is 33.1. The van der Waals surface area contributed by atoms with Crippen LogP contribution in [0, 0.1) is 11.8 Å². The van der Waals surface area contributed by atoms with Gasteiger partial charge in [0, 0.05) is 11.5 Å². The minimum atomic E-state index is -0.258. The van der Waals surface area contributed by atoms with E-state index in [0.29, 0.717) is 0 Å². The average Bonchev–Trinajstić information content (AvgIpc) is 2.11. The Morgan fingerprint density at radius 3 is 1.50 bits per heavy atom. The molecule has 0 aliphatic heterocycles. The van der Waals surface area contributed by atoms with Crippen molar-refractivity contribution in [1.29, 1.82) is 0 Å². The molecule has 2 unspecified atom stereocenters. The van der Waals surface area contributed by atoms with Crippen LogP contribution in [0.4, 0.5) is 8.78 Å². The van der Waals surface area contributed by atoms with Crippen LogP contribution in [0.25, 0.3) is 0 Å². The molecule has 0 aliphatic rings. The van der Waals surface area contributed by atoms with Crippen molar-refractivity contribution in [2.45, 2.75) is 13.8 Å². The first-order chi connectivity index (χ1) is 5.70. The zero-order valence-electron chi connectivity index (χ0n) is 7.56. The van der Waals surface area contributed by atoms with E-state index in [9.17, 15) is 8.78 Å². The maximum Gasteiger partial charge on any atom is 0.0928 e. The first-order valence-corrected chi connectivity index (χ1v) is 6.55. The topological polar surface area (TPSA) is 0 Å². The van der Waals surface area contributed by atoms with E-state index in [2.05, 4.69) is 0 Å². The van der Waals surface area contributed by atoms with E-state index in [4.69, 9.17) is 0 Å². The molecule has 74 valence electrons. The van der Waals surface area contributed by atoms with Gasteiger partial charge >= 0.3 is 0 Å². The lowest BCUT2D eigenvalue weighted by molar-refractivity contribution is 0.408. The minimum absolute atomic E-state index is 0.128. The van der Waals surface area contributed by atoms with Gasteiger partial charge in [-0.15, -0.1) is 0 Å².